The Balaban J connectivity index is 1.95. The molecule has 0 fully saturated rings. The van der Waals surface area contributed by atoms with E-state index >= 15 is 0 Å². The Kier molecular flexibility index (Phi) is 5.28. The van der Waals surface area contributed by atoms with E-state index in [0.29, 0.717) is 27.0 Å². The number of amides is 1. The minimum Gasteiger partial charge on any atom is -0.503 e. The highest BCUT2D eigenvalue weighted by molar-refractivity contribution is 9.10. The van der Waals surface area contributed by atoms with E-state index in [1.165, 1.54) is 36.4 Å². The molecule has 2 aromatic carbocycles. The van der Waals surface area contributed by atoms with E-state index in [4.69, 9.17) is 9.88 Å². The summed E-state index contributed by atoms with van der Waals surface area (Å²) in [5.74, 6) is -0.148. The number of primary sulfonamides is 1. The van der Waals surface area contributed by atoms with Gasteiger partial charge in [-0.2, -0.15) is 10.1 Å². The van der Waals surface area contributed by atoms with Gasteiger partial charge in [-0.1, -0.05) is 0 Å². The van der Waals surface area contributed by atoms with E-state index in [9.17, 15) is 18.3 Å². The molecule has 0 aromatic heterocycles. The lowest BCUT2D eigenvalue weighted by Gasteiger charge is -2.12. The van der Waals surface area contributed by atoms with Crippen molar-refractivity contribution in [3.8, 4) is 11.5 Å². The third-order valence-electron chi connectivity index (χ3n) is 4.05. The Morgan fingerprint density at radius 2 is 1.89 bits per heavy atom. The summed E-state index contributed by atoms with van der Waals surface area (Å²) < 4.78 is 28.3. The van der Waals surface area contributed by atoms with Crippen molar-refractivity contribution in [1.82, 2.24) is 0 Å². The molecule has 1 aliphatic rings. The molecule has 28 heavy (non-hydrogen) atoms. The molecule has 0 aliphatic carbocycles. The van der Waals surface area contributed by atoms with Crippen LogP contribution in [0.5, 0.6) is 11.5 Å². The molecular formula is C18H16BrN3O5S. The molecule has 3 rings (SSSR count). The normalized spacial score (nSPS) is 15.9. The van der Waals surface area contributed by atoms with E-state index in [2.05, 4.69) is 21.0 Å². The number of hydrazone groups is 1. The van der Waals surface area contributed by atoms with Crippen LogP contribution in [0.2, 0.25) is 0 Å². The van der Waals surface area contributed by atoms with Gasteiger partial charge in [0.1, 0.15) is 0 Å². The number of halogens is 1. The number of hydrogen-bond acceptors (Lipinski definition) is 6. The van der Waals surface area contributed by atoms with Crippen LogP contribution < -0.4 is 14.9 Å². The molecule has 0 spiro atoms. The van der Waals surface area contributed by atoms with E-state index < -0.39 is 10.0 Å². The van der Waals surface area contributed by atoms with Crippen molar-refractivity contribution in [2.75, 3.05) is 12.1 Å². The monoisotopic (exact) mass is 465 g/mol. The van der Waals surface area contributed by atoms with Crippen molar-refractivity contribution in [2.45, 2.75) is 11.8 Å². The SMILES string of the molecule is COc1cc(C=C2C(=O)N(c3ccc(S(N)(=O)=O)cc3)N=C2C)cc(Br)c1O. The van der Waals surface area contributed by atoms with Crippen molar-refractivity contribution >= 4 is 49.3 Å². The van der Waals surface area contributed by atoms with Gasteiger partial charge in [-0.3, -0.25) is 4.79 Å². The molecule has 146 valence electrons. The summed E-state index contributed by atoms with van der Waals surface area (Å²) in [5, 5.41) is 20.4. The van der Waals surface area contributed by atoms with Crippen molar-refractivity contribution in [3.05, 3.63) is 52.0 Å². The maximum absolute atomic E-state index is 12.8. The summed E-state index contributed by atoms with van der Waals surface area (Å²) >= 11 is 3.24. The summed E-state index contributed by atoms with van der Waals surface area (Å²) in [5.41, 5.74) is 1.88. The Hall–Kier alpha value is -2.69. The number of nitrogens with zero attached hydrogens (tertiary/aromatic N) is 2. The van der Waals surface area contributed by atoms with Gasteiger partial charge in [0.25, 0.3) is 5.91 Å². The van der Waals surface area contributed by atoms with Crippen LogP contribution in [0.1, 0.15) is 12.5 Å². The summed E-state index contributed by atoms with van der Waals surface area (Å²) in [7, 11) is -2.39. The van der Waals surface area contributed by atoms with Crippen molar-refractivity contribution in [2.24, 2.45) is 10.2 Å². The molecule has 0 unspecified atom stereocenters. The van der Waals surface area contributed by atoms with Gasteiger partial charge in [-0.05, 0) is 70.9 Å². The second-order valence-electron chi connectivity index (χ2n) is 5.95. The summed E-state index contributed by atoms with van der Waals surface area (Å²) in [6.07, 6.45) is 1.63. The van der Waals surface area contributed by atoms with Gasteiger partial charge in [0.2, 0.25) is 10.0 Å². The summed E-state index contributed by atoms with van der Waals surface area (Å²) in [6, 6.07) is 8.78. The van der Waals surface area contributed by atoms with Gasteiger partial charge >= 0.3 is 0 Å². The zero-order valence-corrected chi connectivity index (χ0v) is 17.3. The quantitative estimate of drug-likeness (QED) is 0.671. The average molecular weight is 466 g/mol. The number of sulfonamides is 1. The number of phenolic OH excluding ortho intramolecular Hbond substituents is 1. The Bertz CT molecular complexity index is 1120. The molecule has 1 aliphatic heterocycles. The van der Waals surface area contributed by atoms with Crippen LogP contribution in [0.25, 0.3) is 6.08 Å². The van der Waals surface area contributed by atoms with Crippen LogP contribution >= 0.6 is 15.9 Å². The van der Waals surface area contributed by atoms with Gasteiger partial charge in [0.05, 0.1) is 33.5 Å². The minimum absolute atomic E-state index is 0.0376. The lowest BCUT2D eigenvalue weighted by Crippen LogP contribution is -2.21. The number of methoxy groups -OCH3 is 1. The topological polar surface area (TPSA) is 122 Å². The van der Waals surface area contributed by atoms with E-state index in [1.54, 1.807) is 25.1 Å². The highest BCUT2D eigenvalue weighted by atomic mass is 79.9. The smallest absolute Gasteiger partial charge is 0.280 e. The molecule has 10 heteroatoms. The van der Waals surface area contributed by atoms with Gasteiger partial charge < -0.3 is 9.84 Å². The second kappa shape index (κ2) is 7.38. The number of benzene rings is 2. The van der Waals surface area contributed by atoms with Crippen LogP contribution in [0.4, 0.5) is 5.69 Å². The molecule has 1 amide bonds. The van der Waals surface area contributed by atoms with Crippen molar-refractivity contribution in [1.29, 1.82) is 0 Å². The maximum Gasteiger partial charge on any atom is 0.280 e. The van der Waals surface area contributed by atoms with Gasteiger partial charge in [-0.15, -0.1) is 0 Å². The first-order chi connectivity index (χ1) is 13.1. The fraction of sp³-hybridized carbons (Fsp3) is 0.111. The third-order valence-corrected chi connectivity index (χ3v) is 5.59. The molecular weight excluding hydrogens is 450 g/mol. The largest absolute Gasteiger partial charge is 0.503 e. The number of carbonyl (C=O) groups excluding carboxylic acids is 1. The molecule has 1 heterocycles. The number of rotatable bonds is 4. The lowest BCUT2D eigenvalue weighted by molar-refractivity contribution is -0.114. The molecule has 0 atom stereocenters. The zero-order chi connectivity index (χ0) is 20.6. The Morgan fingerprint density at radius 1 is 1.25 bits per heavy atom. The number of hydrogen-bond donors (Lipinski definition) is 2. The van der Waals surface area contributed by atoms with Gasteiger partial charge in [0, 0.05) is 0 Å². The fourth-order valence-electron chi connectivity index (χ4n) is 2.64. The average Bonchev–Trinajstić information content (AvgIpc) is 2.92. The van der Waals surface area contributed by atoms with E-state index in [0.717, 1.165) is 0 Å². The molecule has 3 N–H and O–H groups in total. The van der Waals surface area contributed by atoms with Gasteiger partial charge in [0.15, 0.2) is 11.5 Å². The van der Waals surface area contributed by atoms with Crippen molar-refractivity contribution in [3.63, 3.8) is 0 Å². The van der Waals surface area contributed by atoms with Crippen LogP contribution in [-0.4, -0.2) is 32.3 Å². The van der Waals surface area contributed by atoms with Crippen LogP contribution in [0.3, 0.4) is 0 Å². The molecule has 2 aromatic rings. The molecule has 0 bridgehead atoms. The first-order valence-electron chi connectivity index (χ1n) is 7.93. The number of carbonyl (C=O) groups is 1. The number of aromatic hydroxyl groups is 1. The first kappa shape index (κ1) is 20.1. The Labute approximate surface area is 170 Å². The van der Waals surface area contributed by atoms with Crippen LogP contribution in [-0.2, 0) is 14.8 Å². The lowest BCUT2D eigenvalue weighted by atomic mass is 10.1. The first-order valence-corrected chi connectivity index (χ1v) is 10.3. The highest BCUT2D eigenvalue weighted by Gasteiger charge is 2.29. The Morgan fingerprint density at radius 3 is 2.46 bits per heavy atom. The molecule has 0 radical (unpaired) electrons. The number of ether oxygens (including phenoxy) is 1. The predicted molar refractivity (Wildman–Crippen MR) is 109 cm³/mol. The summed E-state index contributed by atoms with van der Waals surface area (Å²) in [6.45, 7) is 1.69. The standard InChI is InChI=1S/C18H16BrN3O5S/c1-10-14(7-11-8-15(19)17(23)16(9-11)27-2)18(24)22(21-10)12-3-5-13(6-4-12)28(20,25)26/h3-9,23H,1-2H3,(H2,20,25,26). The second-order valence-corrected chi connectivity index (χ2v) is 8.37. The van der Waals surface area contributed by atoms with E-state index in [1.807, 2.05) is 0 Å². The van der Waals surface area contributed by atoms with Gasteiger partial charge in [-0.25, -0.2) is 13.6 Å². The summed E-state index contributed by atoms with van der Waals surface area (Å²) in [4.78, 5) is 12.8. The predicted octanol–water partition coefficient (Wildman–Crippen LogP) is 2.62. The number of anilines is 1. The van der Waals surface area contributed by atoms with E-state index in [-0.39, 0.29) is 22.3 Å². The minimum atomic E-state index is -3.82. The highest BCUT2D eigenvalue weighted by Crippen LogP contribution is 2.36. The molecule has 0 saturated heterocycles. The van der Waals surface area contributed by atoms with Crippen LogP contribution in [0, 0.1) is 0 Å². The number of phenols is 1. The number of nitrogens with two attached hydrogens (primary N) is 1. The molecule has 8 nitrogen and oxygen atoms in total. The zero-order valence-electron chi connectivity index (χ0n) is 14.9. The third kappa shape index (κ3) is 3.79. The molecule has 0 saturated carbocycles. The van der Waals surface area contributed by atoms with Crippen molar-refractivity contribution < 1.29 is 23.1 Å². The van der Waals surface area contributed by atoms with Crippen LogP contribution in [0.15, 0.2) is 56.4 Å². The fourth-order valence-corrected chi connectivity index (χ4v) is 3.61. The maximum atomic E-state index is 12.8.